The molecule has 124 valence electrons. The van der Waals surface area contributed by atoms with Crippen molar-refractivity contribution in [3.8, 4) is 0 Å². The molecule has 0 aromatic carbocycles. The van der Waals surface area contributed by atoms with E-state index in [1.807, 2.05) is 13.8 Å². The van der Waals surface area contributed by atoms with Crippen molar-refractivity contribution in [1.29, 1.82) is 0 Å². The molecule has 0 atom stereocenters. The van der Waals surface area contributed by atoms with Crippen LogP contribution in [0.25, 0.3) is 0 Å². The highest BCUT2D eigenvalue weighted by molar-refractivity contribution is 7.96. The van der Waals surface area contributed by atoms with E-state index in [1.54, 1.807) is 14.8 Å². The van der Waals surface area contributed by atoms with Gasteiger partial charge in [0.2, 0.25) is 0 Å². The predicted molar refractivity (Wildman–Crippen MR) is 88.7 cm³/mol. The standard InChI is InChI=1S/C15H26N4O2S/c1-5-18-14(20)13(15(21)19(6-2)22-18)11-16-7-9-17(10-8-16)12(3)4/h11-12H,5-10H2,1-4H3. The topological polar surface area (TPSA) is 47.1 Å². The van der Waals surface area contributed by atoms with E-state index >= 15 is 0 Å². The fourth-order valence-corrected chi connectivity index (χ4v) is 3.45. The van der Waals surface area contributed by atoms with Crippen LogP contribution in [0.3, 0.4) is 0 Å². The van der Waals surface area contributed by atoms with Gasteiger partial charge in [-0.25, -0.2) is 0 Å². The summed E-state index contributed by atoms with van der Waals surface area (Å²) in [6.07, 6.45) is 1.77. The van der Waals surface area contributed by atoms with E-state index in [2.05, 4.69) is 23.6 Å². The highest BCUT2D eigenvalue weighted by atomic mass is 32.2. The van der Waals surface area contributed by atoms with Gasteiger partial charge < -0.3 is 4.90 Å². The molecule has 0 saturated carbocycles. The molecule has 6 nitrogen and oxygen atoms in total. The maximum atomic E-state index is 12.4. The number of rotatable bonds is 4. The van der Waals surface area contributed by atoms with Crippen LogP contribution in [0.15, 0.2) is 11.8 Å². The van der Waals surface area contributed by atoms with Gasteiger partial charge in [0.05, 0.1) is 12.1 Å². The van der Waals surface area contributed by atoms with Crippen LogP contribution in [0.5, 0.6) is 0 Å². The number of nitrogens with zero attached hydrogens (tertiary/aromatic N) is 4. The molecule has 0 spiro atoms. The Kier molecular flexibility index (Phi) is 5.74. The van der Waals surface area contributed by atoms with Crippen molar-refractivity contribution in [2.24, 2.45) is 0 Å². The average molecular weight is 326 g/mol. The van der Waals surface area contributed by atoms with Crippen molar-refractivity contribution >= 4 is 23.9 Å². The van der Waals surface area contributed by atoms with Crippen LogP contribution >= 0.6 is 12.1 Å². The summed E-state index contributed by atoms with van der Waals surface area (Å²) in [6.45, 7) is 13.1. The maximum absolute atomic E-state index is 12.4. The quantitative estimate of drug-likeness (QED) is 0.441. The second kappa shape index (κ2) is 7.37. The lowest BCUT2D eigenvalue weighted by Gasteiger charge is -2.38. The third kappa shape index (κ3) is 3.57. The van der Waals surface area contributed by atoms with Crippen LogP contribution in [-0.4, -0.2) is 75.5 Å². The highest BCUT2D eigenvalue weighted by Crippen LogP contribution is 2.27. The third-order valence-electron chi connectivity index (χ3n) is 4.08. The van der Waals surface area contributed by atoms with Gasteiger partial charge in [0.25, 0.3) is 11.8 Å². The fourth-order valence-electron chi connectivity index (χ4n) is 2.63. The summed E-state index contributed by atoms with van der Waals surface area (Å²) < 4.78 is 3.28. The number of amides is 2. The van der Waals surface area contributed by atoms with Crippen LogP contribution in [0, 0.1) is 0 Å². The molecule has 2 heterocycles. The van der Waals surface area contributed by atoms with E-state index in [4.69, 9.17) is 0 Å². The van der Waals surface area contributed by atoms with E-state index in [9.17, 15) is 9.59 Å². The van der Waals surface area contributed by atoms with Crippen LogP contribution < -0.4 is 0 Å². The first kappa shape index (κ1) is 17.1. The molecule has 2 amide bonds. The maximum Gasteiger partial charge on any atom is 0.272 e. The molecule has 0 aliphatic carbocycles. The van der Waals surface area contributed by atoms with Crippen molar-refractivity contribution in [2.45, 2.75) is 33.7 Å². The molecule has 22 heavy (non-hydrogen) atoms. The molecule has 7 heteroatoms. The smallest absolute Gasteiger partial charge is 0.272 e. The van der Waals surface area contributed by atoms with E-state index in [1.165, 1.54) is 12.1 Å². The first-order valence-corrected chi connectivity index (χ1v) is 8.72. The van der Waals surface area contributed by atoms with Gasteiger partial charge in [0.1, 0.15) is 5.57 Å². The second-order valence-electron chi connectivity index (χ2n) is 5.79. The largest absolute Gasteiger partial charge is 0.374 e. The molecule has 0 aromatic rings. The molecule has 0 aromatic heterocycles. The number of hydrogen-bond donors (Lipinski definition) is 0. The average Bonchev–Trinajstić information content (AvgIpc) is 2.52. The summed E-state index contributed by atoms with van der Waals surface area (Å²) in [4.78, 5) is 29.4. The summed E-state index contributed by atoms with van der Waals surface area (Å²) in [7, 11) is 0. The molecule has 0 radical (unpaired) electrons. The van der Waals surface area contributed by atoms with Crippen molar-refractivity contribution in [1.82, 2.24) is 18.4 Å². The Morgan fingerprint density at radius 3 is 1.91 bits per heavy atom. The minimum Gasteiger partial charge on any atom is -0.374 e. The van der Waals surface area contributed by atoms with Crippen LogP contribution in [0.1, 0.15) is 27.7 Å². The van der Waals surface area contributed by atoms with Crippen LogP contribution in [0.2, 0.25) is 0 Å². The molecule has 2 rings (SSSR count). The molecule has 2 fully saturated rings. The summed E-state index contributed by atoms with van der Waals surface area (Å²) in [5, 5.41) is 0. The zero-order valence-electron chi connectivity index (χ0n) is 13.9. The molecule has 2 aliphatic rings. The van der Waals surface area contributed by atoms with E-state index in [0.29, 0.717) is 24.7 Å². The van der Waals surface area contributed by atoms with Gasteiger partial charge >= 0.3 is 0 Å². The summed E-state index contributed by atoms with van der Waals surface area (Å²) in [5.74, 6) is -0.345. The summed E-state index contributed by atoms with van der Waals surface area (Å²) in [5.41, 5.74) is 0.292. The van der Waals surface area contributed by atoms with Gasteiger partial charge in [0, 0.05) is 51.5 Å². The van der Waals surface area contributed by atoms with Gasteiger partial charge in [0.15, 0.2) is 0 Å². The lowest BCUT2D eigenvalue weighted by atomic mass is 10.2. The molecule has 0 N–H and O–H groups in total. The van der Waals surface area contributed by atoms with Gasteiger partial charge in [-0.05, 0) is 27.7 Å². The van der Waals surface area contributed by atoms with E-state index in [0.717, 1.165) is 26.2 Å². The lowest BCUT2D eigenvalue weighted by molar-refractivity contribution is -0.130. The normalized spacial score (nSPS) is 21.1. The van der Waals surface area contributed by atoms with Gasteiger partial charge in [-0.2, -0.15) is 0 Å². The number of piperazine rings is 1. The molecule has 0 bridgehead atoms. The zero-order chi connectivity index (χ0) is 16.3. The van der Waals surface area contributed by atoms with Crippen molar-refractivity contribution in [3.05, 3.63) is 11.8 Å². The Balaban J connectivity index is 2.11. The first-order valence-electron chi connectivity index (χ1n) is 7.99. The fraction of sp³-hybridized carbons (Fsp3) is 0.733. The van der Waals surface area contributed by atoms with Gasteiger partial charge in [-0.3, -0.25) is 23.1 Å². The predicted octanol–water partition coefficient (Wildman–Crippen LogP) is 1.17. The molecule has 0 unspecified atom stereocenters. The lowest BCUT2D eigenvalue weighted by Crippen LogP contribution is -2.48. The molecular formula is C15H26N4O2S. The summed E-state index contributed by atoms with van der Waals surface area (Å²) >= 11 is 1.22. The highest BCUT2D eigenvalue weighted by Gasteiger charge is 2.35. The Morgan fingerprint density at radius 2 is 1.50 bits per heavy atom. The number of carbonyl (C=O) groups excluding carboxylic acids is 2. The van der Waals surface area contributed by atoms with Gasteiger partial charge in [-0.1, -0.05) is 0 Å². The van der Waals surface area contributed by atoms with E-state index in [-0.39, 0.29) is 11.8 Å². The van der Waals surface area contributed by atoms with Crippen molar-refractivity contribution < 1.29 is 9.59 Å². The Bertz CT molecular complexity index is 434. The third-order valence-corrected chi connectivity index (χ3v) is 5.32. The SMILES string of the molecule is CCN1SN(CC)C(=O)C(=CN2CCN(C(C)C)CC2)C1=O. The van der Waals surface area contributed by atoms with Crippen molar-refractivity contribution in [3.63, 3.8) is 0 Å². The Hall–Kier alpha value is -1.21. The van der Waals surface area contributed by atoms with Gasteiger partial charge in [-0.15, -0.1) is 0 Å². The minimum atomic E-state index is -0.173. The first-order chi connectivity index (χ1) is 10.5. The van der Waals surface area contributed by atoms with Crippen LogP contribution in [0.4, 0.5) is 0 Å². The molecule has 2 saturated heterocycles. The van der Waals surface area contributed by atoms with E-state index < -0.39 is 0 Å². The Labute approximate surface area is 137 Å². The number of hydrogen-bond acceptors (Lipinski definition) is 5. The summed E-state index contributed by atoms with van der Waals surface area (Å²) in [6, 6.07) is 0.537. The van der Waals surface area contributed by atoms with Crippen molar-refractivity contribution in [2.75, 3.05) is 39.3 Å². The molecule has 2 aliphatic heterocycles. The Morgan fingerprint density at radius 1 is 1.00 bits per heavy atom. The zero-order valence-corrected chi connectivity index (χ0v) is 14.7. The minimum absolute atomic E-state index is 0.173. The monoisotopic (exact) mass is 326 g/mol. The van der Waals surface area contributed by atoms with Crippen LogP contribution in [-0.2, 0) is 9.59 Å². The number of carbonyl (C=O) groups is 2. The molecular weight excluding hydrogens is 300 g/mol. The number of likely N-dealkylation sites (N-methyl/N-ethyl adjacent to an activating group) is 2. The second-order valence-corrected chi connectivity index (χ2v) is 6.83.